The van der Waals surface area contributed by atoms with Gasteiger partial charge in [-0.25, -0.2) is 0 Å². The van der Waals surface area contributed by atoms with Crippen molar-refractivity contribution in [1.29, 1.82) is 0 Å². The minimum Gasteiger partial charge on any atom is -0.323 e. The molecule has 0 heterocycles. The van der Waals surface area contributed by atoms with E-state index in [9.17, 15) is 4.91 Å². The van der Waals surface area contributed by atoms with E-state index in [1.807, 2.05) is 37.3 Å². The van der Waals surface area contributed by atoms with Crippen molar-refractivity contribution in [3.63, 3.8) is 0 Å². The average Bonchev–Trinajstić information content (AvgIpc) is 2.19. The summed E-state index contributed by atoms with van der Waals surface area (Å²) in [5.41, 5.74) is 1.07. The van der Waals surface area contributed by atoms with E-state index in [0.717, 1.165) is 16.3 Å². The van der Waals surface area contributed by atoms with Crippen molar-refractivity contribution in [2.45, 2.75) is 6.92 Å². The van der Waals surface area contributed by atoms with Crippen LogP contribution in [-0.4, -0.2) is 0 Å². The summed E-state index contributed by atoms with van der Waals surface area (Å²) in [7, 11) is 0. The van der Waals surface area contributed by atoms with Crippen LogP contribution in [0, 0.1) is 11.8 Å². The van der Waals surface area contributed by atoms with Crippen molar-refractivity contribution < 1.29 is 4.84 Å². The molecule has 14 heavy (non-hydrogen) atoms. The lowest BCUT2D eigenvalue weighted by atomic mass is 10.1. The van der Waals surface area contributed by atoms with Crippen LogP contribution in [0.3, 0.4) is 0 Å². The van der Waals surface area contributed by atoms with Crippen molar-refractivity contribution in [3.05, 3.63) is 46.9 Å². The first-order chi connectivity index (χ1) is 6.83. The van der Waals surface area contributed by atoms with Gasteiger partial charge in [-0.15, -0.1) is 4.91 Å². The van der Waals surface area contributed by atoms with Crippen LogP contribution in [0.5, 0.6) is 5.75 Å². The molecule has 3 heteroatoms. The molecule has 70 valence electrons. The zero-order chi connectivity index (χ0) is 9.97. The van der Waals surface area contributed by atoms with Gasteiger partial charge in [0, 0.05) is 5.39 Å². The zero-order valence-electron chi connectivity index (χ0n) is 7.73. The second-order valence-corrected chi connectivity index (χ2v) is 3.09. The summed E-state index contributed by atoms with van der Waals surface area (Å²) in [6.07, 6.45) is 0. The molecule has 0 aliphatic rings. The highest BCUT2D eigenvalue weighted by molar-refractivity contribution is 5.91. The van der Waals surface area contributed by atoms with Gasteiger partial charge in [0.15, 0.2) is 11.1 Å². The monoisotopic (exact) mass is 187 g/mol. The number of nitrogens with zero attached hydrogens (tertiary/aromatic N) is 1. The van der Waals surface area contributed by atoms with E-state index in [0.29, 0.717) is 5.75 Å². The van der Waals surface area contributed by atoms with Crippen LogP contribution in [0.15, 0.2) is 41.7 Å². The minimum absolute atomic E-state index is 0.510. The van der Waals surface area contributed by atoms with Crippen molar-refractivity contribution in [2.75, 3.05) is 0 Å². The number of hydrogen-bond donors (Lipinski definition) is 0. The van der Waals surface area contributed by atoms with E-state index in [1.165, 1.54) is 0 Å². The van der Waals surface area contributed by atoms with Gasteiger partial charge in [-0.1, -0.05) is 30.3 Å². The number of fused-ring (bicyclic) bond motifs is 1. The summed E-state index contributed by atoms with van der Waals surface area (Å²) in [4.78, 5) is 14.7. The maximum atomic E-state index is 10.1. The predicted octanol–water partition coefficient (Wildman–Crippen LogP) is 3.21. The van der Waals surface area contributed by atoms with Crippen LogP contribution in [0.2, 0.25) is 0 Å². The molecule has 0 atom stereocenters. The van der Waals surface area contributed by atoms with Crippen LogP contribution in [-0.2, 0) is 0 Å². The first-order valence-corrected chi connectivity index (χ1v) is 4.31. The summed E-state index contributed by atoms with van der Waals surface area (Å²) in [6.45, 7) is 1.97. The van der Waals surface area contributed by atoms with Crippen molar-refractivity contribution >= 4 is 10.8 Å². The molecule has 0 aliphatic carbocycles. The van der Waals surface area contributed by atoms with Crippen molar-refractivity contribution in [3.8, 4) is 5.75 Å². The number of benzene rings is 2. The van der Waals surface area contributed by atoms with Gasteiger partial charge in [-0.3, -0.25) is 0 Å². The summed E-state index contributed by atoms with van der Waals surface area (Å²) in [5.74, 6) is 0.510. The van der Waals surface area contributed by atoms with Crippen molar-refractivity contribution in [1.82, 2.24) is 0 Å². The standard InChI is InChI=1S/C11H9NO2/c1-8-4-2-5-9-6-3-7-10(11(8)9)14-12-13/h2-7H,1H3. The molecule has 0 bridgehead atoms. The molecule has 0 spiro atoms. The Bertz CT molecular complexity index is 474. The highest BCUT2D eigenvalue weighted by Crippen LogP contribution is 2.28. The minimum atomic E-state index is 0.510. The molecule has 2 aromatic carbocycles. The molecule has 2 rings (SSSR count). The Balaban J connectivity index is 2.77. The summed E-state index contributed by atoms with van der Waals surface area (Å²) >= 11 is 0. The van der Waals surface area contributed by atoms with E-state index in [1.54, 1.807) is 6.07 Å². The SMILES string of the molecule is Cc1cccc2cccc(ON=O)c12. The molecule has 0 radical (unpaired) electrons. The topological polar surface area (TPSA) is 38.7 Å². The van der Waals surface area contributed by atoms with Crippen LogP contribution in [0.1, 0.15) is 5.56 Å². The fourth-order valence-corrected chi connectivity index (χ4v) is 1.60. The van der Waals surface area contributed by atoms with E-state index >= 15 is 0 Å². The van der Waals surface area contributed by atoms with Crippen LogP contribution < -0.4 is 4.84 Å². The quantitative estimate of drug-likeness (QED) is 0.534. The van der Waals surface area contributed by atoms with Gasteiger partial charge in [0.05, 0.1) is 0 Å². The molecule has 0 N–H and O–H groups in total. The summed E-state index contributed by atoms with van der Waals surface area (Å²) in [6, 6.07) is 11.5. The normalized spacial score (nSPS) is 10.1. The Morgan fingerprint density at radius 2 is 1.86 bits per heavy atom. The first-order valence-electron chi connectivity index (χ1n) is 4.31. The Morgan fingerprint density at radius 3 is 2.57 bits per heavy atom. The third kappa shape index (κ3) is 1.33. The van der Waals surface area contributed by atoms with Crippen LogP contribution in [0.25, 0.3) is 10.8 Å². The summed E-state index contributed by atoms with van der Waals surface area (Å²) in [5, 5.41) is 4.43. The third-order valence-electron chi connectivity index (χ3n) is 2.21. The molecule has 0 saturated carbocycles. The maximum Gasteiger partial charge on any atom is 0.169 e. The molecule has 0 amide bonds. The fourth-order valence-electron chi connectivity index (χ4n) is 1.60. The predicted molar refractivity (Wildman–Crippen MR) is 55.1 cm³/mol. The Kier molecular flexibility index (Phi) is 2.14. The molecule has 3 nitrogen and oxygen atoms in total. The van der Waals surface area contributed by atoms with Gasteiger partial charge in [0.1, 0.15) is 0 Å². The van der Waals surface area contributed by atoms with Gasteiger partial charge in [-0.2, -0.15) is 0 Å². The number of rotatable bonds is 2. The largest absolute Gasteiger partial charge is 0.323 e. The first kappa shape index (κ1) is 8.69. The van der Waals surface area contributed by atoms with E-state index in [-0.39, 0.29) is 0 Å². The summed E-state index contributed by atoms with van der Waals surface area (Å²) < 4.78 is 0. The fraction of sp³-hybridized carbons (Fsp3) is 0.0909. The van der Waals surface area contributed by atoms with Crippen molar-refractivity contribution in [2.24, 2.45) is 5.34 Å². The van der Waals surface area contributed by atoms with Gasteiger partial charge in [-0.05, 0) is 23.9 Å². The molecule has 0 aliphatic heterocycles. The third-order valence-corrected chi connectivity index (χ3v) is 2.21. The van der Waals surface area contributed by atoms with E-state index in [4.69, 9.17) is 0 Å². The molecule has 0 unspecified atom stereocenters. The molecular formula is C11H9NO2. The number of hydrogen-bond acceptors (Lipinski definition) is 3. The molecule has 0 saturated heterocycles. The lowest BCUT2D eigenvalue weighted by molar-refractivity contribution is 0.339. The lowest BCUT2D eigenvalue weighted by Gasteiger charge is -2.04. The Morgan fingerprint density at radius 1 is 1.14 bits per heavy atom. The van der Waals surface area contributed by atoms with Crippen LogP contribution >= 0.6 is 0 Å². The highest BCUT2D eigenvalue weighted by atomic mass is 16.7. The number of aryl methyl sites for hydroxylation is 1. The van der Waals surface area contributed by atoms with Gasteiger partial charge in [0.2, 0.25) is 0 Å². The van der Waals surface area contributed by atoms with E-state index in [2.05, 4.69) is 10.2 Å². The van der Waals surface area contributed by atoms with Gasteiger partial charge >= 0.3 is 0 Å². The average molecular weight is 187 g/mol. The maximum absolute atomic E-state index is 10.1. The smallest absolute Gasteiger partial charge is 0.169 e. The zero-order valence-corrected chi connectivity index (χ0v) is 7.73. The molecule has 0 aromatic heterocycles. The molecule has 0 fully saturated rings. The van der Waals surface area contributed by atoms with Gasteiger partial charge in [0.25, 0.3) is 0 Å². The molecule has 2 aromatic rings. The lowest BCUT2D eigenvalue weighted by Crippen LogP contribution is -1.85. The second-order valence-electron chi connectivity index (χ2n) is 3.09. The molecular weight excluding hydrogens is 178 g/mol. The Hall–Kier alpha value is -1.90. The van der Waals surface area contributed by atoms with E-state index < -0.39 is 0 Å². The Labute approximate surface area is 81.2 Å². The highest BCUT2D eigenvalue weighted by Gasteiger charge is 2.04. The van der Waals surface area contributed by atoms with Crippen LogP contribution in [0.4, 0.5) is 0 Å². The van der Waals surface area contributed by atoms with Gasteiger partial charge < -0.3 is 4.84 Å². The second kappa shape index (κ2) is 3.46.